The number of carbonyl (C=O) groups is 1. The summed E-state index contributed by atoms with van der Waals surface area (Å²) in [4.78, 5) is 12.1. The summed E-state index contributed by atoms with van der Waals surface area (Å²) >= 11 is 1.41. The molecule has 0 saturated heterocycles. The normalized spacial score (nSPS) is 15.4. The highest BCUT2D eigenvalue weighted by Gasteiger charge is 2.28. The molecule has 0 bridgehead atoms. The monoisotopic (exact) mass is 263 g/mol. The van der Waals surface area contributed by atoms with E-state index in [1.165, 1.54) is 11.3 Å². The minimum absolute atomic E-state index is 0.180. The first-order valence-electron chi connectivity index (χ1n) is 4.46. The molecule has 7 heteroatoms. The first-order chi connectivity index (χ1) is 7.21. The van der Waals surface area contributed by atoms with Gasteiger partial charge in [-0.15, -0.1) is 11.3 Å². The molecule has 1 unspecified atom stereocenters. The van der Waals surface area contributed by atoms with Crippen molar-refractivity contribution in [1.82, 2.24) is 0 Å². The fraction of sp³-hybridized carbons (Fsp3) is 0.444. The van der Waals surface area contributed by atoms with E-state index in [0.717, 1.165) is 11.1 Å². The van der Waals surface area contributed by atoms with Gasteiger partial charge < -0.3 is 9.92 Å². The Labute approximate surface area is 98.3 Å². The smallest absolute Gasteiger partial charge is 0.324 e. The van der Waals surface area contributed by atoms with Gasteiger partial charge in [0.25, 0.3) is 0 Å². The third-order valence-corrected chi connectivity index (χ3v) is 3.48. The lowest BCUT2D eigenvalue weighted by molar-refractivity contribution is -0.135. The third kappa shape index (κ3) is 3.92. The van der Waals surface area contributed by atoms with Gasteiger partial charge in [-0.2, -0.15) is 8.42 Å². The molecular weight excluding hydrogens is 250 g/mol. The van der Waals surface area contributed by atoms with Crippen LogP contribution in [0.1, 0.15) is 18.2 Å². The predicted octanol–water partition coefficient (Wildman–Crippen LogP) is 0.815. The van der Waals surface area contributed by atoms with Crippen molar-refractivity contribution in [3.63, 3.8) is 0 Å². The summed E-state index contributed by atoms with van der Waals surface area (Å²) in [6, 6.07) is 3.60. The topological polar surface area (TPSA) is 86.5 Å². The lowest BCUT2D eigenvalue weighted by atomic mass is 9.97. The zero-order chi connectivity index (χ0) is 12.4. The molecule has 0 radical (unpaired) electrons. The molecule has 0 amide bonds. The van der Waals surface area contributed by atoms with Crippen molar-refractivity contribution in [1.29, 1.82) is 0 Å². The lowest BCUT2D eigenvalue weighted by Crippen LogP contribution is -2.35. The molecule has 0 aliphatic rings. The van der Waals surface area contributed by atoms with Crippen molar-refractivity contribution in [2.24, 2.45) is 5.73 Å². The largest absolute Gasteiger partial charge is 0.346 e. The van der Waals surface area contributed by atoms with Crippen molar-refractivity contribution in [2.75, 3.05) is 6.26 Å². The molecule has 0 spiro atoms. The van der Waals surface area contributed by atoms with E-state index < -0.39 is 21.6 Å². The van der Waals surface area contributed by atoms with Gasteiger partial charge in [-0.1, -0.05) is 6.07 Å². The molecule has 0 saturated carbocycles. The maximum atomic E-state index is 11.3. The Kier molecular flexibility index (Phi) is 3.72. The highest BCUT2D eigenvalue weighted by Crippen LogP contribution is 2.26. The quantitative estimate of drug-likeness (QED) is 0.812. The molecule has 0 aromatic carbocycles. The number of nitrogens with two attached hydrogens (primary N) is 1. The van der Waals surface area contributed by atoms with E-state index in [2.05, 4.69) is 4.18 Å². The van der Waals surface area contributed by atoms with Crippen molar-refractivity contribution >= 4 is 27.4 Å². The summed E-state index contributed by atoms with van der Waals surface area (Å²) in [6.45, 7) is 1.66. The minimum Gasteiger partial charge on any atom is -0.346 e. The Hall–Kier alpha value is -0.920. The lowest BCUT2D eigenvalue weighted by Gasteiger charge is -2.21. The van der Waals surface area contributed by atoms with Crippen molar-refractivity contribution < 1.29 is 17.4 Å². The molecule has 0 fully saturated rings. The van der Waals surface area contributed by atoms with Crippen molar-refractivity contribution in [2.45, 2.75) is 18.9 Å². The van der Waals surface area contributed by atoms with Crippen molar-refractivity contribution in [3.05, 3.63) is 22.4 Å². The zero-order valence-electron chi connectivity index (χ0n) is 8.97. The second-order valence-electron chi connectivity index (χ2n) is 3.73. The first kappa shape index (κ1) is 13.1. The van der Waals surface area contributed by atoms with Crippen LogP contribution in [-0.4, -0.2) is 20.6 Å². The molecule has 90 valence electrons. The second-order valence-corrected chi connectivity index (χ2v) is 6.25. The highest BCUT2D eigenvalue weighted by molar-refractivity contribution is 7.86. The SMILES string of the molecule is CC(N)(CC(=O)OS(C)(=O)=O)c1cccs1. The van der Waals surface area contributed by atoms with Gasteiger partial charge in [0.1, 0.15) is 0 Å². The average molecular weight is 263 g/mol. The first-order valence-corrected chi connectivity index (χ1v) is 7.15. The molecule has 2 N–H and O–H groups in total. The number of rotatable bonds is 4. The Morgan fingerprint density at radius 1 is 1.62 bits per heavy atom. The molecular formula is C9H13NO4S2. The van der Waals surface area contributed by atoms with Crippen LogP contribution >= 0.6 is 11.3 Å². The van der Waals surface area contributed by atoms with Crippen LogP contribution in [-0.2, 0) is 24.6 Å². The van der Waals surface area contributed by atoms with Crippen LogP contribution in [0.3, 0.4) is 0 Å². The number of hydrogen-bond donors (Lipinski definition) is 1. The van der Waals surface area contributed by atoms with Gasteiger partial charge in [-0.3, -0.25) is 4.79 Å². The van der Waals surface area contributed by atoms with Gasteiger partial charge in [0.15, 0.2) is 0 Å². The predicted molar refractivity (Wildman–Crippen MR) is 61.4 cm³/mol. The van der Waals surface area contributed by atoms with Crippen molar-refractivity contribution in [3.8, 4) is 0 Å². The van der Waals surface area contributed by atoms with Gasteiger partial charge in [-0.25, -0.2) is 0 Å². The summed E-state index contributed by atoms with van der Waals surface area (Å²) < 4.78 is 25.7. The fourth-order valence-electron chi connectivity index (χ4n) is 1.19. The number of carbonyl (C=O) groups excluding carboxylic acids is 1. The Balaban J connectivity index is 2.71. The van der Waals surface area contributed by atoms with Gasteiger partial charge in [0.05, 0.1) is 18.2 Å². The average Bonchev–Trinajstić information content (AvgIpc) is 2.49. The Morgan fingerprint density at radius 2 is 2.25 bits per heavy atom. The van der Waals surface area contributed by atoms with Crippen LogP contribution in [0.25, 0.3) is 0 Å². The fourth-order valence-corrected chi connectivity index (χ4v) is 2.39. The molecule has 0 aliphatic heterocycles. The van der Waals surface area contributed by atoms with E-state index in [0.29, 0.717) is 0 Å². The maximum Gasteiger partial charge on any atom is 0.324 e. The maximum absolute atomic E-state index is 11.3. The summed E-state index contributed by atoms with van der Waals surface area (Å²) in [5.41, 5.74) is 5.01. The van der Waals surface area contributed by atoms with Crippen LogP contribution in [0.4, 0.5) is 0 Å². The number of thiophene rings is 1. The van der Waals surface area contributed by atoms with E-state index >= 15 is 0 Å². The van der Waals surface area contributed by atoms with Gasteiger partial charge in [0.2, 0.25) is 0 Å². The summed E-state index contributed by atoms with van der Waals surface area (Å²) in [5, 5.41) is 1.84. The van der Waals surface area contributed by atoms with E-state index in [4.69, 9.17) is 5.73 Å². The van der Waals surface area contributed by atoms with Crippen LogP contribution in [0, 0.1) is 0 Å². The molecule has 16 heavy (non-hydrogen) atoms. The van der Waals surface area contributed by atoms with E-state index in [1.54, 1.807) is 13.0 Å². The molecule has 1 aromatic rings. The molecule has 1 rings (SSSR count). The molecule has 1 heterocycles. The Morgan fingerprint density at radius 3 is 2.69 bits per heavy atom. The molecule has 1 aromatic heterocycles. The van der Waals surface area contributed by atoms with Gasteiger partial charge in [-0.05, 0) is 18.4 Å². The zero-order valence-corrected chi connectivity index (χ0v) is 10.6. The van der Waals surface area contributed by atoms with Gasteiger partial charge in [0, 0.05) is 4.88 Å². The summed E-state index contributed by atoms with van der Waals surface area (Å²) in [5.74, 6) is -0.846. The molecule has 0 aliphatic carbocycles. The molecule has 5 nitrogen and oxygen atoms in total. The Bertz CT molecular complexity index is 462. The van der Waals surface area contributed by atoms with E-state index in [9.17, 15) is 13.2 Å². The molecule has 1 atom stereocenters. The summed E-state index contributed by atoms with van der Waals surface area (Å²) in [6.07, 6.45) is 0.643. The second kappa shape index (κ2) is 4.52. The van der Waals surface area contributed by atoms with E-state index in [1.807, 2.05) is 11.4 Å². The van der Waals surface area contributed by atoms with Crippen LogP contribution in [0.2, 0.25) is 0 Å². The standard InChI is InChI=1S/C9H13NO4S2/c1-9(10,7-4-3-5-15-7)6-8(11)14-16(2,12)13/h3-5H,6,10H2,1-2H3. The summed E-state index contributed by atoms with van der Waals surface area (Å²) in [7, 11) is -3.77. The van der Waals surface area contributed by atoms with Gasteiger partial charge >= 0.3 is 16.1 Å². The van der Waals surface area contributed by atoms with E-state index in [-0.39, 0.29) is 6.42 Å². The van der Waals surface area contributed by atoms with Crippen LogP contribution < -0.4 is 5.73 Å². The van der Waals surface area contributed by atoms with Crippen LogP contribution in [0.15, 0.2) is 17.5 Å². The minimum atomic E-state index is -3.77. The van der Waals surface area contributed by atoms with Crippen LogP contribution in [0.5, 0.6) is 0 Å². The highest BCUT2D eigenvalue weighted by atomic mass is 32.2. The third-order valence-electron chi connectivity index (χ3n) is 1.84. The number of hydrogen-bond acceptors (Lipinski definition) is 6.